The van der Waals surface area contributed by atoms with E-state index in [1.165, 1.54) is 0 Å². The Morgan fingerprint density at radius 1 is 0.827 bits per heavy atom. The Balaban J connectivity index is 1.83. The second kappa shape index (κ2) is 19.6. The second-order valence-corrected chi connectivity index (χ2v) is 27.8. The van der Waals surface area contributed by atoms with E-state index >= 15 is 0 Å². The Kier molecular flexibility index (Phi) is 16.8. The Hall–Kier alpha value is -1.86. The van der Waals surface area contributed by atoms with Gasteiger partial charge in [-0.25, -0.2) is 0 Å². The summed E-state index contributed by atoms with van der Waals surface area (Å²) in [5.74, 6) is 1.33. The van der Waals surface area contributed by atoms with Crippen molar-refractivity contribution in [3.63, 3.8) is 0 Å². The molecule has 1 heterocycles. The largest absolute Gasteiger partial charge is 0.497 e. The molecule has 0 aliphatic carbocycles. The zero-order chi connectivity index (χ0) is 38.7. The Morgan fingerprint density at radius 2 is 1.44 bits per heavy atom. The number of aldehydes is 1. The number of ether oxygens (including phenoxy) is 4. The molecule has 0 radical (unpaired) electrons. The molecular formula is C43H72O7Si2. The lowest BCUT2D eigenvalue weighted by molar-refractivity contribution is -0.253. The topological polar surface area (TPSA) is 72.5 Å². The first-order valence-corrected chi connectivity index (χ1v) is 25.4. The number of methoxy groups -OCH3 is 1. The maximum absolute atomic E-state index is 11.3. The Labute approximate surface area is 319 Å². The van der Waals surface area contributed by atoms with E-state index in [4.69, 9.17) is 27.8 Å². The summed E-state index contributed by atoms with van der Waals surface area (Å²) in [5.41, 5.74) is 2.13. The van der Waals surface area contributed by atoms with Gasteiger partial charge in [-0.3, -0.25) is 0 Å². The van der Waals surface area contributed by atoms with E-state index in [0.29, 0.717) is 26.1 Å². The van der Waals surface area contributed by atoms with E-state index in [1.54, 1.807) is 7.11 Å². The van der Waals surface area contributed by atoms with Crippen LogP contribution in [0.3, 0.4) is 0 Å². The van der Waals surface area contributed by atoms with Gasteiger partial charge in [0.05, 0.1) is 32.0 Å². The minimum Gasteiger partial charge on any atom is -0.497 e. The number of hydrogen-bond donors (Lipinski definition) is 0. The van der Waals surface area contributed by atoms with Crippen LogP contribution in [0.5, 0.6) is 5.75 Å². The number of benzene rings is 2. The first-order chi connectivity index (χ1) is 24.3. The number of carbonyl (C=O) groups excluding carboxylic acids is 1. The van der Waals surface area contributed by atoms with E-state index in [0.717, 1.165) is 48.8 Å². The first kappa shape index (κ1) is 44.5. The van der Waals surface area contributed by atoms with Gasteiger partial charge < -0.3 is 32.6 Å². The summed E-state index contributed by atoms with van der Waals surface area (Å²) in [6.45, 7) is 28.9. The minimum atomic E-state index is -2.10. The fraction of sp³-hybridized carbons (Fsp3) is 0.698. The van der Waals surface area contributed by atoms with Gasteiger partial charge in [0.25, 0.3) is 0 Å². The lowest BCUT2D eigenvalue weighted by Gasteiger charge is -2.42. The van der Waals surface area contributed by atoms with Crippen LogP contribution in [0.15, 0.2) is 54.6 Å². The summed E-state index contributed by atoms with van der Waals surface area (Å²) in [6, 6.07) is 18.3. The molecule has 1 aliphatic heterocycles. The molecule has 1 aliphatic rings. The zero-order valence-electron chi connectivity index (χ0n) is 34.8. The third-order valence-corrected chi connectivity index (χ3v) is 20.8. The molecule has 2 aromatic rings. The summed E-state index contributed by atoms with van der Waals surface area (Å²) < 4.78 is 39.3. The van der Waals surface area contributed by atoms with Crippen molar-refractivity contribution in [3.8, 4) is 5.75 Å². The van der Waals surface area contributed by atoms with Gasteiger partial charge in [0.2, 0.25) is 0 Å². The van der Waals surface area contributed by atoms with Gasteiger partial charge >= 0.3 is 0 Å². The Bertz CT molecular complexity index is 1320. The Morgan fingerprint density at radius 3 is 2.02 bits per heavy atom. The fourth-order valence-corrected chi connectivity index (χ4v) is 8.84. The van der Waals surface area contributed by atoms with E-state index in [9.17, 15) is 4.79 Å². The SMILES string of the molecule is COc1ccc(CO[C@@H]([C@H](C)CC[C@@H](C[C@@H]2C[C@H](CCC=O)O[C@H](c3ccccc3)O2)O[Si](C)(C)C(C)(C)C)[C@H](C)CO[Si](C)(C)C(C)(C)C)cc1. The molecule has 0 unspecified atom stereocenters. The van der Waals surface area contributed by atoms with Crippen molar-refractivity contribution in [3.05, 3.63) is 65.7 Å². The molecule has 294 valence electrons. The lowest BCUT2D eigenvalue weighted by atomic mass is 9.88. The van der Waals surface area contributed by atoms with Crippen LogP contribution < -0.4 is 4.74 Å². The molecule has 0 N–H and O–H groups in total. The maximum atomic E-state index is 11.3. The van der Waals surface area contributed by atoms with Gasteiger partial charge in [-0.15, -0.1) is 0 Å². The smallest absolute Gasteiger partial charge is 0.192 e. The maximum Gasteiger partial charge on any atom is 0.192 e. The first-order valence-electron chi connectivity index (χ1n) is 19.6. The lowest BCUT2D eigenvalue weighted by Crippen LogP contribution is -2.46. The van der Waals surface area contributed by atoms with Gasteiger partial charge in [-0.1, -0.05) is 97.9 Å². The molecule has 7 nitrogen and oxygen atoms in total. The summed E-state index contributed by atoms with van der Waals surface area (Å²) >= 11 is 0. The molecule has 9 heteroatoms. The zero-order valence-corrected chi connectivity index (χ0v) is 36.8. The van der Waals surface area contributed by atoms with Crippen LogP contribution in [0.25, 0.3) is 0 Å². The van der Waals surface area contributed by atoms with E-state index in [-0.39, 0.29) is 46.3 Å². The highest BCUT2D eigenvalue weighted by Gasteiger charge is 2.42. The van der Waals surface area contributed by atoms with Crippen LogP contribution in [0.1, 0.15) is 111 Å². The molecule has 1 saturated heterocycles. The van der Waals surface area contributed by atoms with Gasteiger partial charge in [0, 0.05) is 37.0 Å². The van der Waals surface area contributed by atoms with Crippen molar-refractivity contribution in [2.24, 2.45) is 11.8 Å². The highest BCUT2D eigenvalue weighted by atomic mass is 28.4. The van der Waals surface area contributed by atoms with Crippen LogP contribution in [0.2, 0.25) is 36.3 Å². The molecule has 52 heavy (non-hydrogen) atoms. The number of carbonyl (C=O) groups is 1. The molecule has 0 amide bonds. The third-order valence-electron chi connectivity index (χ3n) is 11.8. The van der Waals surface area contributed by atoms with Crippen molar-refractivity contribution in [1.29, 1.82) is 0 Å². The van der Waals surface area contributed by atoms with Crippen LogP contribution >= 0.6 is 0 Å². The summed E-state index contributed by atoms with van der Waals surface area (Å²) in [6.07, 6.45) is 5.05. The van der Waals surface area contributed by atoms with Crippen molar-refractivity contribution in [2.75, 3.05) is 13.7 Å². The molecule has 0 saturated carbocycles. The predicted octanol–water partition coefficient (Wildman–Crippen LogP) is 11.3. The van der Waals surface area contributed by atoms with Crippen molar-refractivity contribution < 1.29 is 32.6 Å². The van der Waals surface area contributed by atoms with Crippen LogP contribution in [0.4, 0.5) is 0 Å². The standard InChI is InChI=1S/C43H72O7Si2/c1-32(40(33(2)30-47-51(10,11)42(3,4)5)46-31-34-22-25-36(45-9)26-23-34)21-24-38(50-52(12,13)43(6,7)8)29-39-28-37(20-17-27-44)48-41(49-39)35-18-15-14-16-19-35/h14-16,18-19,22-23,25-27,32-33,37-41H,17,20-21,24,28-31H2,1-13H3/t32-,33-,37+,38+,39+,40+,41+/m1/s1. The fourth-order valence-electron chi connectivity index (χ4n) is 6.32. The van der Waals surface area contributed by atoms with Crippen LogP contribution in [0, 0.1) is 11.8 Å². The molecule has 0 aromatic heterocycles. The van der Waals surface area contributed by atoms with E-state index in [1.807, 2.05) is 30.3 Å². The second-order valence-electron chi connectivity index (χ2n) is 18.2. The quantitative estimate of drug-likeness (QED) is 0.0984. The normalized spacial score (nSPS) is 21.3. The van der Waals surface area contributed by atoms with Crippen molar-refractivity contribution in [2.45, 2.75) is 167 Å². The predicted molar refractivity (Wildman–Crippen MR) is 218 cm³/mol. The monoisotopic (exact) mass is 756 g/mol. The molecule has 0 bridgehead atoms. The molecular weight excluding hydrogens is 685 g/mol. The number of rotatable bonds is 20. The minimum absolute atomic E-state index is 0.00917. The molecule has 1 fully saturated rings. The van der Waals surface area contributed by atoms with Gasteiger partial charge in [0.1, 0.15) is 12.0 Å². The molecule has 2 aromatic carbocycles. The highest BCUT2D eigenvalue weighted by molar-refractivity contribution is 6.74. The molecule has 0 spiro atoms. The van der Waals surface area contributed by atoms with Gasteiger partial charge in [-0.05, 0) is 85.6 Å². The summed E-state index contributed by atoms with van der Waals surface area (Å²) in [5, 5.41) is 0.218. The van der Waals surface area contributed by atoms with Crippen molar-refractivity contribution in [1.82, 2.24) is 0 Å². The summed E-state index contributed by atoms with van der Waals surface area (Å²) in [4.78, 5) is 11.3. The molecule has 7 atom stereocenters. The average molecular weight is 757 g/mol. The highest BCUT2D eigenvalue weighted by Crippen LogP contribution is 2.41. The number of hydrogen-bond acceptors (Lipinski definition) is 7. The van der Waals surface area contributed by atoms with Gasteiger partial charge in [0.15, 0.2) is 22.9 Å². The van der Waals surface area contributed by atoms with Crippen LogP contribution in [-0.4, -0.2) is 61.1 Å². The average Bonchev–Trinajstić information content (AvgIpc) is 3.08. The van der Waals surface area contributed by atoms with E-state index < -0.39 is 22.9 Å². The molecule has 3 rings (SSSR count). The van der Waals surface area contributed by atoms with Crippen LogP contribution in [-0.2, 0) is 34.5 Å². The van der Waals surface area contributed by atoms with E-state index in [2.05, 4.69) is 106 Å². The van der Waals surface area contributed by atoms with Gasteiger partial charge in [-0.2, -0.15) is 0 Å². The summed E-state index contributed by atoms with van der Waals surface area (Å²) in [7, 11) is -2.33. The van der Waals surface area contributed by atoms with Crippen molar-refractivity contribution >= 4 is 22.9 Å². The third kappa shape index (κ3) is 13.5.